The number of ether oxygens (including phenoxy) is 1. The maximum Gasteiger partial charge on any atom is 0.315 e. The standard InChI is InChI=1S/C24H20O3/c1-18-7-12-21(13-8-18)23(25)16-11-19-9-14-22(15-10-19)27-24(26)17-20-5-3-2-4-6-20/h2-16H,17H2,1H3/b16-11+. The van der Waals surface area contributed by atoms with Crippen LogP contribution in [0.25, 0.3) is 6.08 Å². The van der Waals surface area contributed by atoms with E-state index < -0.39 is 0 Å². The van der Waals surface area contributed by atoms with Gasteiger partial charge in [0, 0.05) is 5.56 Å². The fraction of sp³-hybridized carbons (Fsp3) is 0.0833. The first-order chi connectivity index (χ1) is 13.1. The van der Waals surface area contributed by atoms with Gasteiger partial charge in [-0.3, -0.25) is 9.59 Å². The van der Waals surface area contributed by atoms with E-state index in [1.165, 1.54) is 0 Å². The van der Waals surface area contributed by atoms with E-state index in [0.717, 1.165) is 16.7 Å². The molecule has 3 aromatic carbocycles. The summed E-state index contributed by atoms with van der Waals surface area (Å²) in [4.78, 5) is 24.1. The summed E-state index contributed by atoms with van der Waals surface area (Å²) in [6.45, 7) is 1.98. The summed E-state index contributed by atoms with van der Waals surface area (Å²) in [5, 5.41) is 0. The zero-order valence-corrected chi connectivity index (χ0v) is 15.1. The lowest BCUT2D eigenvalue weighted by Crippen LogP contribution is -2.11. The second kappa shape index (κ2) is 8.77. The lowest BCUT2D eigenvalue weighted by molar-refractivity contribution is -0.133. The molecule has 0 aliphatic heterocycles. The van der Waals surface area contributed by atoms with Gasteiger partial charge in [-0.25, -0.2) is 0 Å². The Labute approximate surface area is 158 Å². The molecule has 134 valence electrons. The number of hydrogen-bond acceptors (Lipinski definition) is 3. The van der Waals surface area contributed by atoms with E-state index in [4.69, 9.17) is 4.74 Å². The Morgan fingerprint density at radius 3 is 2.19 bits per heavy atom. The molecule has 0 unspecified atom stereocenters. The second-order valence-corrected chi connectivity index (χ2v) is 6.27. The van der Waals surface area contributed by atoms with E-state index in [0.29, 0.717) is 11.3 Å². The first-order valence-electron chi connectivity index (χ1n) is 8.74. The predicted molar refractivity (Wildman–Crippen MR) is 107 cm³/mol. The van der Waals surface area contributed by atoms with Crippen molar-refractivity contribution in [3.63, 3.8) is 0 Å². The van der Waals surface area contributed by atoms with Crippen molar-refractivity contribution in [3.8, 4) is 5.75 Å². The number of carbonyl (C=O) groups is 2. The van der Waals surface area contributed by atoms with Crippen molar-refractivity contribution in [1.82, 2.24) is 0 Å². The molecule has 0 aliphatic carbocycles. The summed E-state index contributed by atoms with van der Waals surface area (Å²) in [6, 6.07) is 24.0. The Hall–Kier alpha value is -3.46. The van der Waals surface area contributed by atoms with Gasteiger partial charge in [-0.2, -0.15) is 0 Å². The summed E-state index contributed by atoms with van der Waals surface area (Å²) in [6.07, 6.45) is 3.52. The van der Waals surface area contributed by atoms with Crippen LogP contribution >= 0.6 is 0 Å². The Balaban J connectivity index is 1.57. The maximum absolute atomic E-state index is 12.2. The summed E-state index contributed by atoms with van der Waals surface area (Å²) in [5.41, 5.74) is 3.55. The van der Waals surface area contributed by atoms with Crippen LogP contribution in [0.5, 0.6) is 5.75 Å². The summed E-state index contributed by atoms with van der Waals surface area (Å²) >= 11 is 0. The summed E-state index contributed by atoms with van der Waals surface area (Å²) < 4.78 is 5.35. The second-order valence-electron chi connectivity index (χ2n) is 6.27. The molecule has 27 heavy (non-hydrogen) atoms. The Morgan fingerprint density at radius 2 is 1.52 bits per heavy atom. The van der Waals surface area contributed by atoms with Gasteiger partial charge in [0.05, 0.1) is 6.42 Å². The van der Waals surface area contributed by atoms with Crippen LogP contribution in [-0.4, -0.2) is 11.8 Å². The zero-order valence-electron chi connectivity index (χ0n) is 15.1. The van der Waals surface area contributed by atoms with Gasteiger partial charge in [-0.15, -0.1) is 0 Å². The highest BCUT2D eigenvalue weighted by Gasteiger charge is 2.06. The molecule has 0 aromatic heterocycles. The lowest BCUT2D eigenvalue weighted by atomic mass is 10.1. The third-order valence-corrected chi connectivity index (χ3v) is 4.07. The van der Waals surface area contributed by atoms with E-state index >= 15 is 0 Å². The van der Waals surface area contributed by atoms with Crippen LogP contribution < -0.4 is 4.74 Å². The Morgan fingerprint density at radius 1 is 0.852 bits per heavy atom. The third-order valence-electron chi connectivity index (χ3n) is 4.07. The minimum Gasteiger partial charge on any atom is -0.426 e. The van der Waals surface area contributed by atoms with Crippen molar-refractivity contribution in [3.05, 3.63) is 107 Å². The Bertz CT molecular complexity index is 937. The highest BCUT2D eigenvalue weighted by atomic mass is 16.5. The lowest BCUT2D eigenvalue weighted by Gasteiger charge is -2.05. The highest BCUT2D eigenvalue weighted by Crippen LogP contribution is 2.15. The van der Waals surface area contributed by atoms with Gasteiger partial charge in [0.1, 0.15) is 5.75 Å². The minimum absolute atomic E-state index is 0.0478. The van der Waals surface area contributed by atoms with Crippen molar-refractivity contribution >= 4 is 17.8 Å². The van der Waals surface area contributed by atoms with Crippen LogP contribution in [-0.2, 0) is 11.2 Å². The molecule has 3 rings (SSSR count). The molecule has 3 aromatic rings. The molecule has 3 heteroatoms. The summed E-state index contributed by atoms with van der Waals surface area (Å²) in [5.74, 6) is 0.130. The molecular formula is C24H20O3. The molecule has 0 radical (unpaired) electrons. The molecule has 0 spiro atoms. The van der Waals surface area contributed by atoms with Gasteiger partial charge in [0.25, 0.3) is 0 Å². The van der Waals surface area contributed by atoms with Gasteiger partial charge >= 0.3 is 5.97 Å². The molecular weight excluding hydrogens is 336 g/mol. The molecule has 0 fully saturated rings. The van der Waals surface area contributed by atoms with Gasteiger partial charge in [0.2, 0.25) is 0 Å². The average molecular weight is 356 g/mol. The fourth-order valence-corrected chi connectivity index (χ4v) is 2.56. The largest absolute Gasteiger partial charge is 0.426 e. The topological polar surface area (TPSA) is 43.4 Å². The molecule has 0 heterocycles. The van der Waals surface area contributed by atoms with Crippen LogP contribution in [0.4, 0.5) is 0 Å². The van der Waals surface area contributed by atoms with Crippen molar-refractivity contribution < 1.29 is 14.3 Å². The van der Waals surface area contributed by atoms with Crippen molar-refractivity contribution in [1.29, 1.82) is 0 Å². The molecule has 0 atom stereocenters. The molecule has 0 saturated carbocycles. The van der Waals surface area contributed by atoms with E-state index in [2.05, 4.69) is 0 Å². The van der Waals surface area contributed by atoms with Crippen molar-refractivity contribution in [2.75, 3.05) is 0 Å². The van der Waals surface area contributed by atoms with Crippen LogP contribution in [0.1, 0.15) is 27.0 Å². The zero-order chi connectivity index (χ0) is 19.1. The number of esters is 1. The van der Waals surface area contributed by atoms with Crippen molar-refractivity contribution in [2.24, 2.45) is 0 Å². The van der Waals surface area contributed by atoms with Crippen LogP contribution in [0.2, 0.25) is 0 Å². The van der Waals surface area contributed by atoms with Gasteiger partial charge < -0.3 is 4.74 Å². The molecule has 3 nitrogen and oxygen atoms in total. The Kier molecular flexibility index (Phi) is 5.95. The van der Waals surface area contributed by atoms with E-state index in [1.807, 2.05) is 73.7 Å². The molecule has 0 saturated heterocycles. The van der Waals surface area contributed by atoms with Crippen LogP contribution in [0.15, 0.2) is 84.9 Å². The van der Waals surface area contributed by atoms with Crippen LogP contribution in [0, 0.1) is 6.92 Å². The number of carbonyl (C=O) groups excluding carboxylic acids is 2. The van der Waals surface area contributed by atoms with Crippen molar-refractivity contribution in [2.45, 2.75) is 13.3 Å². The molecule has 0 N–H and O–H groups in total. The third kappa shape index (κ3) is 5.51. The minimum atomic E-state index is -0.306. The number of rotatable bonds is 6. The van der Waals surface area contributed by atoms with Crippen LogP contribution in [0.3, 0.4) is 0 Å². The van der Waals surface area contributed by atoms with E-state index in [9.17, 15) is 9.59 Å². The molecule has 0 aliphatic rings. The molecule has 0 bridgehead atoms. The first-order valence-corrected chi connectivity index (χ1v) is 8.74. The predicted octanol–water partition coefficient (Wildman–Crippen LogP) is 5.04. The highest BCUT2D eigenvalue weighted by molar-refractivity contribution is 6.06. The average Bonchev–Trinajstić information content (AvgIpc) is 2.68. The number of ketones is 1. The fourth-order valence-electron chi connectivity index (χ4n) is 2.56. The number of hydrogen-bond donors (Lipinski definition) is 0. The van der Waals surface area contributed by atoms with Gasteiger partial charge in [-0.1, -0.05) is 78.4 Å². The maximum atomic E-state index is 12.2. The number of allylic oxidation sites excluding steroid dienone is 1. The quantitative estimate of drug-likeness (QED) is 0.269. The monoisotopic (exact) mass is 356 g/mol. The normalized spacial score (nSPS) is 10.7. The van der Waals surface area contributed by atoms with Gasteiger partial charge in [-0.05, 0) is 36.3 Å². The SMILES string of the molecule is Cc1ccc(C(=O)/C=C/c2ccc(OC(=O)Cc3ccccc3)cc2)cc1. The summed E-state index contributed by atoms with van der Waals surface area (Å²) in [7, 11) is 0. The molecule has 0 amide bonds. The number of aryl methyl sites for hydroxylation is 1. The smallest absolute Gasteiger partial charge is 0.315 e. The first kappa shape index (κ1) is 18.3. The van der Waals surface area contributed by atoms with E-state index in [1.54, 1.807) is 24.3 Å². The number of benzene rings is 3. The van der Waals surface area contributed by atoms with E-state index in [-0.39, 0.29) is 18.2 Å². The van der Waals surface area contributed by atoms with Gasteiger partial charge in [0.15, 0.2) is 5.78 Å².